The molecule has 1 atom stereocenters. The average molecular weight is 477 g/mol. The fraction of sp³-hybridized carbons (Fsp3) is 0.238. The number of benzene rings is 2. The lowest BCUT2D eigenvalue weighted by atomic mass is 10.1. The van der Waals surface area contributed by atoms with Crippen LogP contribution < -0.4 is 16.0 Å². The zero-order valence-corrected chi connectivity index (χ0v) is 19.3. The number of hydrogen-bond donors (Lipinski definition) is 3. The van der Waals surface area contributed by atoms with E-state index in [2.05, 4.69) is 20.9 Å². The van der Waals surface area contributed by atoms with Gasteiger partial charge in [0, 0.05) is 12.6 Å². The number of hydrogen-bond acceptors (Lipinski definition) is 6. The van der Waals surface area contributed by atoms with Gasteiger partial charge in [0.15, 0.2) is 5.13 Å². The lowest BCUT2D eigenvalue weighted by Gasteiger charge is -2.17. The standard InChI is InChI=1S/C21H21ClN4O3S2/c1-12(27)23-13-7-8-16-18(11-13)31-21(25-16)26-20(29)17(9-10-30-2)24-19(28)14-5-3-4-6-15(14)22/h3-8,11,17H,9-10H2,1-2H3,(H,23,27)(H,24,28)(H,25,26,29). The molecule has 31 heavy (non-hydrogen) atoms. The summed E-state index contributed by atoms with van der Waals surface area (Å²) in [7, 11) is 0. The highest BCUT2D eigenvalue weighted by Gasteiger charge is 2.23. The van der Waals surface area contributed by atoms with Gasteiger partial charge in [0.1, 0.15) is 6.04 Å². The minimum absolute atomic E-state index is 0.164. The monoisotopic (exact) mass is 476 g/mol. The quantitative estimate of drug-likeness (QED) is 0.447. The van der Waals surface area contributed by atoms with Crippen LogP contribution in [0.3, 0.4) is 0 Å². The average Bonchev–Trinajstić information content (AvgIpc) is 3.12. The second-order valence-corrected chi connectivity index (χ2v) is 9.08. The van der Waals surface area contributed by atoms with Crippen LogP contribution in [0.5, 0.6) is 0 Å². The molecule has 0 aliphatic rings. The van der Waals surface area contributed by atoms with E-state index in [1.807, 2.05) is 6.26 Å². The summed E-state index contributed by atoms with van der Waals surface area (Å²) in [6.07, 6.45) is 2.39. The Morgan fingerprint density at radius 2 is 1.94 bits per heavy atom. The third-order valence-electron chi connectivity index (χ3n) is 4.29. The Bertz CT molecular complexity index is 1120. The normalized spacial score (nSPS) is 11.7. The first-order chi connectivity index (χ1) is 14.9. The van der Waals surface area contributed by atoms with Crippen LogP contribution in [0.1, 0.15) is 23.7 Å². The Balaban J connectivity index is 1.74. The van der Waals surface area contributed by atoms with E-state index >= 15 is 0 Å². The molecule has 0 spiro atoms. The lowest BCUT2D eigenvalue weighted by molar-refractivity contribution is -0.118. The van der Waals surface area contributed by atoms with Crippen LogP contribution >= 0.6 is 34.7 Å². The van der Waals surface area contributed by atoms with Crippen molar-refractivity contribution in [3.63, 3.8) is 0 Å². The van der Waals surface area contributed by atoms with Crippen LogP contribution in [-0.4, -0.2) is 40.8 Å². The van der Waals surface area contributed by atoms with Gasteiger partial charge in [-0.1, -0.05) is 35.1 Å². The largest absolute Gasteiger partial charge is 0.340 e. The van der Waals surface area contributed by atoms with Crippen molar-refractivity contribution in [3.05, 3.63) is 53.1 Å². The van der Waals surface area contributed by atoms with E-state index in [1.165, 1.54) is 18.3 Å². The molecule has 0 aliphatic heterocycles. The first kappa shape index (κ1) is 23.1. The third kappa shape index (κ3) is 6.19. The number of carbonyl (C=O) groups excluding carboxylic acids is 3. The van der Waals surface area contributed by atoms with E-state index in [9.17, 15) is 14.4 Å². The zero-order valence-electron chi connectivity index (χ0n) is 16.9. The second-order valence-electron chi connectivity index (χ2n) is 6.66. The number of halogens is 1. The maximum absolute atomic E-state index is 12.9. The van der Waals surface area contributed by atoms with Crippen molar-refractivity contribution in [3.8, 4) is 0 Å². The van der Waals surface area contributed by atoms with Crippen molar-refractivity contribution < 1.29 is 14.4 Å². The Hall–Kier alpha value is -2.62. The highest BCUT2D eigenvalue weighted by atomic mass is 35.5. The summed E-state index contributed by atoms with van der Waals surface area (Å²) in [5, 5.41) is 9.03. The van der Waals surface area contributed by atoms with Crippen molar-refractivity contribution in [2.24, 2.45) is 0 Å². The van der Waals surface area contributed by atoms with Gasteiger partial charge in [-0.05, 0) is 48.8 Å². The summed E-state index contributed by atoms with van der Waals surface area (Å²) in [5.41, 5.74) is 1.68. The van der Waals surface area contributed by atoms with Crippen LogP contribution in [0.2, 0.25) is 5.02 Å². The van der Waals surface area contributed by atoms with Crippen molar-refractivity contribution in [1.82, 2.24) is 10.3 Å². The van der Waals surface area contributed by atoms with E-state index < -0.39 is 11.9 Å². The molecule has 10 heteroatoms. The minimum Gasteiger partial charge on any atom is -0.340 e. The van der Waals surface area contributed by atoms with Crippen molar-refractivity contribution in [2.75, 3.05) is 22.6 Å². The van der Waals surface area contributed by atoms with Crippen LogP contribution in [0.15, 0.2) is 42.5 Å². The number of nitrogens with one attached hydrogen (secondary N) is 3. The number of carbonyl (C=O) groups is 3. The number of thiazole rings is 1. The molecule has 7 nitrogen and oxygen atoms in total. The molecule has 3 aromatic rings. The molecular formula is C21H21ClN4O3S2. The van der Waals surface area contributed by atoms with E-state index in [0.717, 1.165) is 4.70 Å². The molecule has 0 aliphatic carbocycles. The second kappa shape index (κ2) is 10.6. The maximum Gasteiger partial charge on any atom is 0.253 e. The van der Waals surface area contributed by atoms with Crippen LogP contribution in [0.4, 0.5) is 10.8 Å². The lowest BCUT2D eigenvalue weighted by Crippen LogP contribution is -2.44. The zero-order chi connectivity index (χ0) is 22.4. The highest BCUT2D eigenvalue weighted by Crippen LogP contribution is 2.28. The summed E-state index contributed by atoms with van der Waals surface area (Å²) in [4.78, 5) is 41.2. The van der Waals surface area contributed by atoms with Gasteiger partial charge in [0.25, 0.3) is 5.91 Å². The summed E-state index contributed by atoms with van der Waals surface area (Å²) < 4.78 is 0.822. The smallest absolute Gasteiger partial charge is 0.253 e. The molecule has 0 saturated heterocycles. The SMILES string of the molecule is CSCCC(NC(=O)c1ccccc1Cl)C(=O)Nc1nc2ccc(NC(C)=O)cc2s1. The van der Waals surface area contributed by atoms with Crippen LogP contribution in [-0.2, 0) is 9.59 Å². The first-order valence-corrected chi connectivity index (χ1v) is 12.0. The number of fused-ring (bicyclic) bond motifs is 1. The molecular weight excluding hydrogens is 456 g/mol. The maximum atomic E-state index is 12.9. The van der Waals surface area contributed by atoms with E-state index in [1.54, 1.807) is 54.2 Å². The number of thioether (sulfide) groups is 1. The molecule has 3 amide bonds. The van der Waals surface area contributed by atoms with Gasteiger partial charge in [-0.15, -0.1) is 0 Å². The van der Waals surface area contributed by atoms with Crippen molar-refractivity contribution in [2.45, 2.75) is 19.4 Å². The molecule has 3 rings (SSSR count). The van der Waals surface area contributed by atoms with Gasteiger partial charge in [-0.2, -0.15) is 11.8 Å². The minimum atomic E-state index is -0.738. The Morgan fingerprint density at radius 3 is 2.65 bits per heavy atom. The fourth-order valence-corrected chi connectivity index (χ4v) is 4.44. The van der Waals surface area contributed by atoms with Gasteiger partial charge in [0.2, 0.25) is 11.8 Å². The van der Waals surface area contributed by atoms with Gasteiger partial charge < -0.3 is 16.0 Å². The number of amides is 3. The molecule has 162 valence electrons. The third-order valence-corrected chi connectivity index (χ3v) is 6.20. The number of rotatable bonds is 8. The fourth-order valence-electron chi connectivity index (χ4n) is 2.84. The molecule has 0 bridgehead atoms. The van der Waals surface area contributed by atoms with Crippen molar-refractivity contribution >= 4 is 73.5 Å². The summed E-state index contributed by atoms with van der Waals surface area (Å²) >= 11 is 8.98. The molecule has 1 aromatic heterocycles. The first-order valence-electron chi connectivity index (χ1n) is 9.40. The van der Waals surface area contributed by atoms with Gasteiger partial charge in [-0.25, -0.2) is 4.98 Å². The molecule has 0 radical (unpaired) electrons. The van der Waals surface area contributed by atoms with Gasteiger partial charge in [-0.3, -0.25) is 14.4 Å². The van der Waals surface area contributed by atoms with Crippen LogP contribution in [0.25, 0.3) is 10.2 Å². The predicted octanol–water partition coefficient (Wildman–Crippen LogP) is 4.40. The van der Waals surface area contributed by atoms with E-state index in [0.29, 0.717) is 39.1 Å². The highest BCUT2D eigenvalue weighted by molar-refractivity contribution is 7.98. The van der Waals surface area contributed by atoms with E-state index in [-0.39, 0.29) is 11.8 Å². The van der Waals surface area contributed by atoms with Gasteiger partial charge >= 0.3 is 0 Å². The molecule has 0 saturated carbocycles. The Kier molecular flexibility index (Phi) is 7.89. The van der Waals surface area contributed by atoms with Gasteiger partial charge in [0.05, 0.1) is 20.8 Å². The molecule has 2 aromatic carbocycles. The number of aromatic nitrogens is 1. The Morgan fingerprint density at radius 1 is 1.16 bits per heavy atom. The number of anilines is 2. The summed E-state index contributed by atoms with van der Waals surface area (Å²) in [6.45, 7) is 1.44. The van der Waals surface area contributed by atoms with Crippen LogP contribution in [0, 0.1) is 0 Å². The molecule has 3 N–H and O–H groups in total. The number of nitrogens with zero attached hydrogens (tertiary/aromatic N) is 1. The van der Waals surface area contributed by atoms with E-state index in [4.69, 9.17) is 11.6 Å². The molecule has 1 heterocycles. The molecule has 1 unspecified atom stereocenters. The summed E-state index contributed by atoms with van der Waals surface area (Å²) in [5.74, 6) is -0.226. The molecule has 0 fully saturated rings. The topological polar surface area (TPSA) is 100 Å². The predicted molar refractivity (Wildman–Crippen MR) is 128 cm³/mol. The Labute approximate surface area is 193 Å². The van der Waals surface area contributed by atoms with Crippen molar-refractivity contribution in [1.29, 1.82) is 0 Å². The summed E-state index contributed by atoms with van der Waals surface area (Å²) in [6, 6.07) is 11.3.